The van der Waals surface area contributed by atoms with Crippen molar-refractivity contribution in [3.63, 3.8) is 0 Å². The van der Waals surface area contributed by atoms with Crippen molar-refractivity contribution in [1.29, 1.82) is 0 Å². The molecule has 1 saturated carbocycles. The Hall–Kier alpha value is -2.54. The highest BCUT2D eigenvalue weighted by Gasteiger charge is 2.53. The zero-order valence-corrected chi connectivity index (χ0v) is 19.3. The van der Waals surface area contributed by atoms with E-state index in [2.05, 4.69) is 0 Å². The van der Waals surface area contributed by atoms with Crippen LogP contribution in [0.25, 0.3) is 0 Å². The van der Waals surface area contributed by atoms with Gasteiger partial charge in [-0.2, -0.15) is 26.3 Å². The van der Waals surface area contributed by atoms with Crippen LogP contribution in [0.15, 0.2) is 36.4 Å². The molecule has 183 valence electrons. The van der Waals surface area contributed by atoms with Gasteiger partial charge in [-0.25, -0.2) is 0 Å². The van der Waals surface area contributed by atoms with Crippen molar-refractivity contribution in [3.05, 3.63) is 69.8 Å². The molecule has 0 amide bonds. The highest BCUT2D eigenvalue weighted by Crippen LogP contribution is 2.55. The molecule has 0 aliphatic heterocycles. The maximum atomic E-state index is 13.7. The lowest BCUT2D eigenvalue weighted by Gasteiger charge is -2.35. The smallest absolute Gasteiger partial charge is 0.293 e. The molecule has 1 aliphatic rings. The molecule has 0 spiro atoms. The summed E-state index contributed by atoms with van der Waals surface area (Å²) in [5.74, 6) is -1.53. The van der Waals surface area contributed by atoms with Crippen LogP contribution < -0.4 is 0 Å². The number of hydrogen-bond acceptors (Lipinski definition) is 3. The van der Waals surface area contributed by atoms with Gasteiger partial charge >= 0.3 is 12.4 Å². The summed E-state index contributed by atoms with van der Waals surface area (Å²) in [6, 6.07) is 6.21. The Kier molecular flexibility index (Phi) is 7.09. The first-order chi connectivity index (χ1) is 15.7. The molecule has 3 nitrogen and oxygen atoms in total. The standard InChI is InChI=1S/C24H22F6O3P/c1-14-8-6-9-15(2)18(14)21(32)34(33)22(12-4-3-5-13-22)20(31)19-16(23(25,26)27)10-7-11-17(19)24(28,29)30/h6-11H,3-5,12-13H2,1-2H3. The van der Waals surface area contributed by atoms with Crippen molar-refractivity contribution >= 4 is 19.1 Å². The number of rotatable bonds is 5. The summed E-state index contributed by atoms with van der Waals surface area (Å²) in [5.41, 5.74) is -5.01. The zero-order valence-electron chi connectivity index (χ0n) is 18.4. The first-order valence-corrected chi connectivity index (χ1v) is 11.9. The Balaban J connectivity index is 2.25. The summed E-state index contributed by atoms with van der Waals surface area (Å²) in [7, 11) is -3.19. The molecule has 0 saturated heterocycles. The third kappa shape index (κ3) is 4.67. The van der Waals surface area contributed by atoms with Crippen LogP contribution in [0.4, 0.5) is 26.3 Å². The third-order valence-corrected chi connectivity index (χ3v) is 8.29. The molecule has 1 atom stereocenters. The quantitative estimate of drug-likeness (QED) is 0.237. The summed E-state index contributed by atoms with van der Waals surface area (Å²) < 4.78 is 96.1. The van der Waals surface area contributed by atoms with E-state index in [1.165, 1.54) is 0 Å². The zero-order chi connectivity index (χ0) is 25.5. The number of halogens is 6. The topological polar surface area (TPSA) is 51.2 Å². The fraction of sp³-hybridized carbons (Fsp3) is 0.417. The number of benzene rings is 2. The van der Waals surface area contributed by atoms with Crippen molar-refractivity contribution in [2.24, 2.45) is 0 Å². The predicted molar refractivity (Wildman–Crippen MR) is 114 cm³/mol. The average Bonchev–Trinajstić information content (AvgIpc) is 2.76. The van der Waals surface area contributed by atoms with E-state index in [0.717, 1.165) is 0 Å². The fourth-order valence-electron chi connectivity index (χ4n) is 4.61. The number of carbonyl (C=O) groups excluding carboxylic acids is 2. The minimum absolute atomic E-state index is 0.0708. The summed E-state index contributed by atoms with van der Waals surface area (Å²) >= 11 is 0. The van der Waals surface area contributed by atoms with Crippen molar-refractivity contribution < 1.29 is 40.5 Å². The lowest BCUT2D eigenvalue weighted by molar-refractivity contribution is -0.143. The van der Waals surface area contributed by atoms with Crippen LogP contribution in [0.1, 0.15) is 75.1 Å². The number of aryl methyl sites for hydroxylation is 2. The van der Waals surface area contributed by atoms with Gasteiger partial charge in [0.05, 0.1) is 11.1 Å². The van der Waals surface area contributed by atoms with Crippen molar-refractivity contribution in [1.82, 2.24) is 0 Å². The molecule has 3 rings (SSSR count). The van der Waals surface area contributed by atoms with Gasteiger partial charge in [-0.3, -0.25) is 14.2 Å². The van der Waals surface area contributed by atoms with Gasteiger partial charge in [0.2, 0.25) is 5.52 Å². The Morgan fingerprint density at radius 3 is 1.65 bits per heavy atom. The lowest BCUT2D eigenvalue weighted by Crippen LogP contribution is -2.41. The molecule has 2 aromatic rings. The van der Waals surface area contributed by atoms with Crippen LogP contribution in [0.3, 0.4) is 0 Å². The van der Waals surface area contributed by atoms with Gasteiger partial charge in [-0.1, -0.05) is 43.5 Å². The van der Waals surface area contributed by atoms with Crippen molar-refractivity contribution in [2.45, 2.75) is 63.5 Å². The molecule has 1 radical (unpaired) electrons. The van der Waals surface area contributed by atoms with Crippen LogP contribution >= 0.6 is 7.80 Å². The van der Waals surface area contributed by atoms with Gasteiger partial charge in [0.25, 0.3) is 0 Å². The summed E-state index contributed by atoms with van der Waals surface area (Å²) in [6.45, 7) is 3.17. The minimum atomic E-state index is -5.26. The monoisotopic (exact) mass is 503 g/mol. The molecule has 2 aromatic carbocycles. The van der Waals surface area contributed by atoms with E-state index >= 15 is 0 Å². The largest absolute Gasteiger partial charge is 0.417 e. The molecule has 0 bridgehead atoms. The normalized spacial score (nSPS) is 16.8. The van der Waals surface area contributed by atoms with Crippen molar-refractivity contribution in [3.8, 4) is 0 Å². The van der Waals surface area contributed by atoms with E-state index in [0.29, 0.717) is 35.7 Å². The second kappa shape index (κ2) is 9.25. The maximum absolute atomic E-state index is 13.7. The van der Waals surface area contributed by atoms with Gasteiger partial charge in [0, 0.05) is 11.1 Å². The highest BCUT2D eigenvalue weighted by molar-refractivity contribution is 7.67. The van der Waals surface area contributed by atoms with Gasteiger partial charge in [0.15, 0.2) is 13.6 Å². The lowest BCUT2D eigenvalue weighted by atomic mass is 9.80. The number of Topliss-reactive ketones (excluding diaryl/α,β-unsaturated/α-hetero) is 1. The number of alkyl halides is 6. The van der Waals surface area contributed by atoms with Crippen molar-refractivity contribution in [2.75, 3.05) is 0 Å². The van der Waals surface area contributed by atoms with E-state index in [4.69, 9.17) is 0 Å². The van der Waals surface area contributed by atoms with Gasteiger partial charge in [-0.15, -0.1) is 0 Å². The van der Waals surface area contributed by atoms with E-state index in [9.17, 15) is 40.5 Å². The summed E-state index contributed by atoms with van der Waals surface area (Å²) in [5, 5.41) is -2.15. The first kappa shape index (κ1) is 26.1. The second-order valence-electron chi connectivity index (χ2n) is 8.51. The van der Waals surface area contributed by atoms with E-state index in [-0.39, 0.29) is 31.2 Å². The first-order valence-electron chi connectivity index (χ1n) is 10.6. The molecule has 0 heterocycles. The van der Waals surface area contributed by atoms with Crippen LogP contribution in [0.2, 0.25) is 0 Å². The van der Waals surface area contributed by atoms with Crippen LogP contribution in [0, 0.1) is 13.8 Å². The summed E-state index contributed by atoms with van der Waals surface area (Å²) in [4.78, 5) is 27.0. The third-order valence-electron chi connectivity index (χ3n) is 6.27. The molecular weight excluding hydrogens is 481 g/mol. The Morgan fingerprint density at radius 1 is 0.765 bits per heavy atom. The molecule has 0 aromatic heterocycles. The van der Waals surface area contributed by atoms with Gasteiger partial charge in [0.1, 0.15) is 5.16 Å². The SMILES string of the molecule is Cc1cccc(C)c1C(=O)[P](=O)C1(C(=O)c2c(C(F)(F)F)cccc2C(F)(F)F)CCCCC1. The molecule has 1 fully saturated rings. The number of ketones is 1. The predicted octanol–water partition coefficient (Wildman–Crippen LogP) is 7.89. The highest BCUT2D eigenvalue weighted by atomic mass is 31.1. The summed E-state index contributed by atoms with van der Waals surface area (Å²) in [6.07, 6.45) is -9.93. The average molecular weight is 503 g/mol. The Morgan fingerprint density at radius 2 is 1.21 bits per heavy atom. The Bertz CT molecular complexity index is 1090. The number of hydrogen-bond donors (Lipinski definition) is 0. The second-order valence-corrected chi connectivity index (χ2v) is 10.4. The van der Waals surface area contributed by atoms with E-state index in [1.807, 2.05) is 0 Å². The Labute approximate surface area is 193 Å². The molecule has 1 aliphatic carbocycles. The minimum Gasteiger partial charge on any atom is -0.293 e. The molecule has 10 heteroatoms. The van der Waals surface area contributed by atoms with Crippen LogP contribution in [0.5, 0.6) is 0 Å². The van der Waals surface area contributed by atoms with Gasteiger partial charge in [-0.05, 0) is 49.9 Å². The van der Waals surface area contributed by atoms with E-state index in [1.54, 1.807) is 32.0 Å². The van der Waals surface area contributed by atoms with Gasteiger partial charge < -0.3 is 0 Å². The fourth-order valence-corrected chi connectivity index (χ4v) is 6.57. The molecule has 0 N–H and O–H groups in total. The molecule has 1 unspecified atom stereocenters. The molecular formula is C24H22F6O3P. The molecule has 34 heavy (non-hydrogen) atoms. The number of carbonyl (C=O) groups is 2. The van der Waals surface area contributed by atoms with Crippen LogP contribution in [-0.4, -0.2) is 16.5 Å². The maximum Gasteiger partial charge on any atom is 0.417 e. The van der Waals surface area contributed by atoms with Crippen LogP contribution in [-0.2, 0) is 16.9 Å². The van der Waals surface area contributed by atoms with E-state index < -0.39 is 53.3 Å².